The van der Waals surface area contributed by atoms with Crippen molar-refractivity contribution in [2.24, 2.45) is 4.99 Å². The van der Waals surface area contributed by atoms with Gasteiger partial charge in [0.05, 0.1) is 18.7 Å². The number of benzene rings is 2. The number of ether oxygens (including phenoxy) is 1. The summed E-state index contributed by atoms with van der Waals surface area (Å²) in [6.45, 7) is 6.15. The van der Waals surface area contributed by atoms with Gasteiger partial charge < -0.3 is 15.4 Å². The molecule has 2 aromatic carbocycles. The molecule has 6 nitrogen and oxygen atoms in total. The lowest BCUT2D eigenvalue weighted by Gasteiger charge is -2.10. The number of carbonyl (C=O) groups excluding carboxylic acids is 1. The van der Waals surface area contributed by atoms with Gasteiger partial charge in [0.15, 0.2) is 5.96 Å². The number of nitrogens with one attached hydrogen (secondary N) is 2. The Morgan fingerprint density at radius 3 is 2.63 bits per heavy atom. The van der Waals surface area contributed by atoms with Crippen molar-refractivity contribution < 1.29 is 9.53 Å². The Hall–Kier alpha value is -3.19. The molecule has 0 bridgehead atoms. The minimum Gasteiger partial charge on any atom is -0.457 e. The van der Waals surface area contributed by atoms with Crippen molar-refractivity contribution >= 4 is 23.3 Å². The van der Waals surface area contributed by atoms with Gasteiger partial charge in [-0.3, -0.25) is 0 Å². The van der Waals surface area contributed by atoms with E-state index in [4.69, 9.17) is 4.74 Å². The highest BCUT2D eigenvalue weighted by Crippen LogP contribution is 2.11. The summed E-state index contributed by atoms with van der Waals surface area (Å²) in [5.41, 5.74) is 2.42. The van der Waals surface area contributed by atoms with Crippen LogP contribution < -0.4 is 10.6 Å². The van der Waals surface area contributed by atoms with Crippen LogP contribution in [-0.2, 0) is 24.4 Å². The quantitative estimate of drug-likeness (QED) is 0.325. The van der Waals surface area contributed by atoms with Gasteiger partial charge in [0.25, 0.3) is 0 Å². The molecule has 0 amide bonds. The third-order valence-corrected chi connectivity index (χ3v) is 5.13. The molecular weight excluding hydrogens is 396 g/mol. The summed E-state index contributed by atoms with van der Waals surface area (Å²) in [7, 11) is 0. The molecule has 3 rings (SSSR count). The van der Waals surface area contributed by atoms with Crippen LogP contribution in [0.15, 0.2) is 65.8 Å². The number of aromatic nitrogens is 1. The molecule has 0 spiro atoms. The fourth-order valence-electron chi connectivity index (χ4n) is 2.76. The molecule has 0 radical (unpaired) electrons. The predicted octanol–water partition coefficient (Wildman–Crippen LogP) is 4.06. The van der Waals surface area contributed by atoms with Gasteiger partial charge in [0.1, 0.15) is 11.6 Å². The molecule has 156 valence electrons. The predicted molar refractivity (Wildman–Crippen MR) is 121 cm³/mol. The maximum Gasteiger partial charge on any atom is 0.338 e. The molecule has 0 saturated heterocycles. The number of hydrogen-bond acceptors (Lipinski definition) is 5. The molecule has 0 aliphatic carbocycles. The van der Waals surface area contributed by atoms with Crippen molar-refractivity contribution in [3.8, 4) is 0 Å². The number of thiazole rings is 1. The van der Waals surface area contributed by atoms with Gasteiger partial charge >= 0.3 is 5.97 Å². The first kappa shape index (κ1) is 21.5. The van der Waals surface area contributed by atoms with Crippen LogP contribution in [0.5, 0.6) is 0 Å². The summed E-state index contributed by atoms with van der Waals surface area (Å²) in [6.07, 6.45) is 1.87. The van der Waals surface area contributed by atoms with Gasteiger partial charge in [-0.1, -0.05) is 42.5 Å². The highest BCUT2D eigenvalue weighted by atomic mass is 32.1. The summed E-state index contributed by atoms with van der Waals surface area (Å²) >= 11 is 1.66. The maximum absolute atomic E-state index is 12.4. The summed E-state index contributed by atoms with van der Waals surface area (Å²) in [5.74, 6) is 0.372. The second kappa shape index (κ2) is 11.1. The van der Waals surface area contributed by atoms with Crippen molar-refractivity contribution in [1.29, 1.82) is 0 Å². The molecule has 0 atom stereocenters. The Morgan fingerprint density at radius 2 is 1.90 bits per heavy atom. The van der Waals surface area contributed by atoms with Crippen LogP contribution in [0.2, 0.25) is 0 Å². The standard InChI is InChI=1S/C23H26N4O2S/c1-3-24-23(27-15-21-25-13-17(2)30-21)26-14-19-10-7-11-20(12-19)22(28)29-16-18-8-5-4-6-9-18/h4-13H,3,14-16H2,1-2H3,(H2,24,26,27). The molecule has 7 heteroatoms. The number of guanidine groups is 1. The number of rotatable bonds is 8. The first-order valence-corrected chi connectivity index (χ1v) is 10.7. The van der Waals surface area contributed by atoms with Crippen molar-refractivity contribution in [2.45, 2.75) is 33.5 Å². The maximum atomic E-state index is 12.4. The van der Waals surface area contributed by atoms with Gasteiger partial charge in [0.2, 0.25) is 0 Å². The number of carbonyl (C=O) groups is 1. The fraction of sp³-hybridized carbons (Fsp3) is 0.261. The van der Waals surface area contributed by atoms with Crippen molar-refractivity contribution in [2.75, 3.05) is 6.54 Å². The highest BCUT2D eigenvalue weighted by molar-refractivity contribution is 7.11. The monoisotopic (exact) mass is 422 g/mol. The third-order valence-electron chi connectivity index (χ3n) is 4.22. The Balaban J connectivity index is 1.58. The van der Waals surface area contributed by atoms with E-state index in [-0.39, 0.29) is 12.6 Å². The lowest BCUT2D eigenvalue weighted by atomic mass is 10.1. The Labute approximate surface area is 181 Å². The zero-order valence-electron chi connectivity index (χ0n) is 17.2. The topological polar surface area (TPSA) is 75.6 Å². The van der Waals surface area contributed by atoms with Crippen molar-refractivity contribution in [1.82, 2.24) is 15.6 Å². The van der Waals surface area contributed by atoms with E-state index in [0.29, 0.717) is 24.6 Å². The molecule has 0 fully saturated rings. The SMILES string of the molecule is CCNC(=NCc1cccc(C(=O)OCc2ccccc2)c1)NCc1ncc(C)s1. The van der Waals surface area contributed by atoms with Gasteiger partial charge in [-0.05, 0) is 37.1 Å². The molecule has 0 aliphatic heterocycles. The molecule has 1 heterocycles. The second-order valence-electron chi connectivity index (χ2n) is 6.68. The smallest absolute Gasteiger partial charge is 0.338 e. The first-order valence-electron chi connectivity index (χ1n) is 9.87. The Kier molecular flexibility index (Phi) is 7.97. The van der Waals surface area contributed by atoms with Crippen LogP contribution in [0.1, 0.15) is 38.3 Å². The molecule has 0 aliphatic rings. The Morgan fingerprint density at radius 1 is 1.10 bits per heavy atom. The second-order valence-corrected chi connectivity index (χ2v) is 7.99. The average molecular weight is 423 g/mol. The molecule has 0 saturated carbocycles. The molecule has 2 N–H and O–H groups in total. The van der Waals surface area contributed by atoms with Gasteiger partial charge in [-0.2, -0.15) is 0 Å². The fourth-order valence-corrected chi connectivity index (χ4v) is 3.48. The number of aryl methyl sites for hydroxylation is 1. The normalized spacial score (nSPS) is 11.2. The van der Waals surface area contributed by atoms with Crippen molar-refractivity contribution in [3.05, 3.63) is 87.4 Å². The van der Waals surface area contributed by atoms with Crippen LogP contribution >= 0.6 is 11.3 Å². The highest BCUT2D eigenvalue weighted by Gasteiger charge is 2.08. The van der Waals surface area contributed by atoms with Crippen LogP contribution in [0.4, 0.5) is 0 Å². The van der Waals surface area contributed by atoms with Crippen molar-refractivity contribution in [3.63, 3.8) is 0 Å². The molecule has 0 unspecified atom stereocenters. The lowest BCUT2D eigenvalue weighted by Crippen LogP contribution is -2.36. The van der Waals surface area contributed by atoms with E-state index in [0.717, 1.165) is 22.7 Å². The number of hydrogen-bond donors (Lipinski definition) is 2. The molecule has 1 aromatic heterocycles. The van der Waals surface area contributed by atoms with E-state index >= 15 is 0 Å². The van der Waals surface area contributed by atoms with E-state index in [2.05, 4.69) is 20.6 Å². The van der Waals surface area contributed by atoms with E-state index in [9.17, 15) is 4.79 Å². The average Bonchev–Trinajstić information content (AvgIpc) is 3.20. The minimum absolute atomic E-state index is 0.257. The summed E-state index contributed by atoms with van der Waals surface area (Å²) in [4.78, 5) is 22.5. The zero-order chi connectivity index (χ0) is 21.2. The van der Waals surface area contributed by atoms with Gasteiger partial charge in [-0.15, -0.1) is 11.3 Å². The lowest BCUT2D eigenvalue weighted by molar-refractivity contribution is 0.0472. The summed E-state index contributed by atoms with van der Waals surface area (Å²) in [6, 6.07) is 17.0. The van der Waals surface area contributed by atoms with E-state index in [1.807, 2.05) is 68.6 Å². The number of nitrogens with zero attached hydrogens (tertiary/aromatic N) is 2. The molecular formula is C23H26N4O2S. The number of esters is 1. The zero-order valence-corrected chi connectivity index (χ0v) is 18.0. The van der Waals surface area contributed by atoms with Gasteiger partial charge in [0, 0.05) is 17.6 Å². The number of aliphatic imine (C=N–C) groups is 1. The minimum atomic E-state index is -0.339. The summed E-state index contributed by atoms with van der Waals surface area (Å²) in [5, 5.41) is 7.54. The van der Waals surface area contributed by atoms with Gasteiger partial charge in [-0.25, -0.2) is 14.8 Å². The van der Waals surface area contributed by atoms with Crippen LogP contribution in [0, 0.1) is 6.92 Å². The van der Waals surface area contributed by atoms with E-state index < -0.39 is 0 Å². The first-order chi connectivity index (χ1) is 14.6. The molecule has 3 aromatic rings. The van der Waals surface area contributed by atoms with E-state index in [1.165, 1.54) is 4.88 Å². The van der Waals surface area contributed by atoms with E-state index in [1.54, 1.807) is 17.4 Å². The van der Waals surface area contributed by atoms with Crippen LogP contribution in [-0.4, -0.2) is 23.5 Å². The molecule has 30 heavy (non-hydrogen) atoms. The Bertz CT molecular complexity index is 986. The summed E-state index contributed by atoms with van der Waals surface area (Å²) < 4.78 is 5.42. The van der Waals surface area contributed by atoms with Crippen LogP contribution in [0.3, 0.4) is 0 Å². The van der Waals surface area contributed by atoms with Crippen LogP contribution in [0.25, 0.3) is 0 Å². The third kappa shape index (κ3) is 6.70. The largest absolute Gasteiger partial charge is 0.457 e.